The minimum absolute atomic E-state index is 0.0933. The first-order valence-electron chi connectivity index (χ1n) is 9.66. The maximum absolute atomic E-state index is 12.8. The summed E-state index contributed by atoms with van der Waals surface area (Å²) in [5, 5.41) is 4.29. The Kier molecular flexibility index (Phi) is 6.66. The number of benzene rings is 1. The van der Waals surface area contributed by atoms with Gasteiger partial charge in [-0.15, -0.1) is 0 Å². The average molecular weight is 418 g/mol. The van der Waals surface area contributed by atoms with Crippen molar-refractivity contribution in [2.45, 2.75) is 31.6 Å². The van der Waals surface area contributed by atoms with Gasteiger partial charge in [0.25, 0.3) is 5.91 Å². The van der Waals surface area contributed by atoms with Gasteiger partial charge in [-0.1, -0.05) is 24.3 Å². The molecular formula is C21H27N3O4S. The highest BCUT2D eigenvalue weighted by Gasteiger charge is 2.27. The number of allylic oxidation sites excluding steroid dienone is 3. The normalized spacial score (nSPS) is 22.2. The molecule has 1 aromatic rings. The van der Waals surface area contributed by atoms with Crippen LogP contribution in [0.2, 0.25) is 0 Å². The van der Waals surface area contributed by atoms with Gasteiger partial charge in [-0.05, 0) is 56.4 Å². The van der Waals surface area contributed by atoms with Crippen molar-refractivity contribution in [2.24, 2.45) is 11.0 Å². The maximum Gasteiger partial charge on any atom is 0.271 e. The summed E-state index contributed by atoms with van der Waals surface area (Å²) in [4.78, 5) is 12.7. The van der Waals surface area contributed by atoms with Gasteiger partial charge < -0.3 is 4.74 Å². The molecule has 1 N–H and O–H groups in total. The Balaban J connectivity index is 1.75. The van der Waals surface area contributed by atoms with E-state index in [2.05, 4.69) is 23.2 Å². The zero-order valence-electron chi connectivity index (χ0n) is 16.8. The van der Waals surface area contributed by atoms with Crippen molar-refractivity contribution in [3.05, 3.63) is 53.6 Å². The van der Waals surface area contributed by atoms with Crippen molar-refractivity contribution < 1.29 is 17.9 Å². The van der Waals surface area contributed by atoms with E-state index in [0.717, 1.165) is 29.7 Å². The number of nitrogens with one attached hydrogen (secondary N) is 1. The van der Waals surface area contributed by atoms with E-state index in [1.165, 1.54) is 16.4 Å². The summed E-state index contributed by atoms with van der Waals surface area (Å²) in [5.74, 6) is -0.127. The number of hydrogen-bond acceptors (Lipinski definition) is 5. The van der Waals surface area contributed by atoms with Crippen LogP contribution in [0.1, 0.15) is 37.0 Å². The van der Waals surface area contributed by atoms with E-state index >= 15 is 0 Å². The molecular weight excluding hydrogens is 390 g/mol. The number of amides is 1. The molecule has 0 unspecified atom stereocenters. The van der Waals surface area contributed by atoms with Crippen LogP contribution in [0.15, 0.2) is 58.1 Å². The minimum Gasteiger partial charge on any atom is -0.379 e. The number of rotatable bonds is 5. The van der Waals surface area contributed by atoms with Gasteiger partial charge in [0.1, 0.15) is 0 Å². The Morgan fingerprint density at radius 2 is 2.03 bits per heavy atom. The van der Waals surface area contributed by atoms with Crippen molar-refractivity contribution in [2.75, 3.05) is 26.3 Å². The predicted molar refractivity (Wildman–Crippen MR) is 112 cm³/mol. The fourth-order valence-electron chi connectivity index (χ4n) is 3.34. The molecule has 1 heterocycles. The molecule has 0 bridgehead atoms. The first-order chi connectivity index (χ1) is 13.8. The topological polar surface area (TPSA) is 88.1 Å². The summed E-state index contributed by atoms with van der Waals surface area (Å²) in [7, 11) is -3.66. The second kappa shape index (κ2) is 9.02. The fourth-order valence-corrected chi connectivity index (χ4v) is 4.79. The third kappa shape index (κ3) is 5.01. The van der Waals surface area contributed by atoms with Crippen LogP contribution in [0.5, 0.6) is 0 Å². The second-order valence-electron chi connectivity index (χ2n) is 7.41. The lowest BCUT2D eigenvalue weighted by molar-refractivity contribution is 0.0730. The van der Waals surface area contributed by atoms with Gasteiger partial charge in [-0.2, -0.15) is 9.41 Å². The van der Waals surface area contributed by atoms with E-state index in [1.807, 2.05) is 13.8 Å². The van der Waals surface area contributed by atoms with Gasteiger partial charge in [0, 0.05) is 18.7 Å². The van der Waals surface area contributed by atoms with E-state index in [1.54, 1.807) is 12.1 Å². The number of carbonyl (C=O) groups is 1. The van der Waals surface area contributed by atoms with Gasteiger partial charge >= 0.3 is 0 Å². The molecule has 0 radical (unpaired) electrons. The smallest absolute Gasteiger partial charge is 0.271 e. The molecule has 156 valence electrons. The summed E-state index contributed by atoms with van der Waals surface area (Å²) in [6.45, 7) is 9.33. The van der Waals surface area contributed by atoms with Gasteiger partial charge in [-0.3, -0.25) is 4.79 Å². The Hall–Kier alpha value is -2.29. The number of morpholine rings is 1. The molecule has 3 rings (SSSR count). The molecule has 1 amide bonds. The van der Waals surface area contributed by atoms with Crippen molar-refractivity contribution in [3.8, 4) is 0 Å². The second-order valence-corrected chi connectivity index (χ2v) is 9.35. The molecule has 7 nitrogen and oxygen atoms in total. The van der Waals surface area contributed by atoms with E-state index in [0.29, 0.717) is 32.2 Å². The first kappa shape index (κ1) is 21.4. The number of sulfonamides is 1. The molecule has 2 aliphatic rings. The molecule has 1 aliphatic heterocycles. The molecule has 8 heteroatoms. The summed E-state index contributed by atoms with van der Waals surface area (Å²) in [6, 6.07) is 6.03. The van der Waals surface area contributed by atoms with E-state index < -0.39 is 15.9 Å². The molecule has 1 fully saturated rings. The number of hydrazone groups is 1. The molecule has 0 aromatic heterocycles. The maximum atomic E-state index is 12.8. The lowest BCUT2D eigenvalue weighted by atomic mass is 9.85. The van der Waals surface area contributed by atoms with Crippen molar-refractivity contribution in [1.29, 1.82) is 0 Å². The van der Waals surface area contributed by atoms with Crippen LogP contribution in [0.3, 0.4) is 0 Å². The SMILES string of the molecule is C=C(C)[C@@H]1CC=C(C)C(=NNC(=O)c2cccc(S(=O)(=O)N3CCOCC3)c2)C1. The minimum atomic E-state index is -3.66. The van der Waals surface area contributed by atoms with Crippen molar-refractivity contribution in [3.63, 3.8) is 0 Å². The fraction of sp³-hybridized carbons (Fsp3) is 0.429. The van der Waals surface area contributed by atoms with Crippen LogP contribution in [0.4, 0.5) is 0 Å². The Labute approximate surface area is 172 Å². The molecule has 1 aliphatic carbocycles. The van der Waals surface area contributed by atoms with Gasteiger partial charge in [0.15, 0.2) is 0 Å². The van der Waals surface area contributed by atoms with Crippen LogP contribution in [-0.4, -0.2) is 50.6 Å². The van der Waals surface area contributed by atoms with Gasteiger partial charge in [0.05, 0.1) is 23.8 Å². The third-order valence-electron chi connectivity index (χ3n) is 5.30. The van der Waals surface area contributed by atoms with E-state index in [4.69, 9.17) is 4.74 Å². The lowest BCUT2D eigenvalue weighted by Crippen LogP contribution is -2.40. The number of nitrogens with zero attached hydrogens (tertiary/aromatic N) is 2. The van der Waals surface area contributed by atoms with E-state index in [9.17, 15) is 13.2 Å². The highest BCUT2D eigenvalue weighted by Crippen LogP contribution is 2.26. The van der Waals surface area contributed by atoms with Gasteiger partial charge in [-0.25, -0.2) is 13.8 Å². The van der Waals surface area contributed by atoms with Crippen LogP contribution in [-0.2, 0) is 14.8 Å². The van der Waals surface area contributed by atoms with Crippen molar-refractivity contribution >= 4 is 21.6 Å². The largest absolute Gasteiger partial charge is 0.379 e. The molecule has 1 atom stereocenters. The van der Waals surface area contributed by atoms with Crippen LogP contribution >= 0.6 is 0 Å². The Morgan fingerprint density at radius 1 is 1.31 bits per heavy atom. The van der Waals surface area contributed by atoms with Crippen molar-refractivity contribution in [1.82, 2.24) is 9.73 Å². The molecule has 1 aromatic carbocycles. The van der Waals surface area contributed by atoms with Crippen LogP contribution < -0.4 is 5.43 Å². The highest BCUT2D eigenvalue weighted by molar-refractivity contribution is 7.89. The number of hydrogen-bond donors (Lipinski definition) is 1. The molecule has 29 heavy (non-hydrogen) atoms. The average Bonchev–Trinajstić information content (AvgIpc) is 2.73. The summed E-state index contributed by atoms with van der Waals surface area (Å²) < 4.78 is 32.2. The zero-order chi connectivity index (χ0) is 21.0. The quantitative estimate of drug-likeness (QED) is 0.589. The van der Waals surface area contributed by atoms with Crippen LogP contribution in [0.25, 0.3) is 0 Å². The first-order valence-corrected chi connectivity index (χ1v) is 11.1. The zero-order valence-corrected chi connectivity index (χ0v) is 17.7. The summed E-state index contributed by atoms with van der Waals surface area (Å²) in [6.07, 6.45) is 3.75. The van der Waals surface area contributed by atoms with E-state index in [-0.39, 0.29) is 10.5 Å². The Bertz CT molecular complexity index is 960. The number of carbonyl (C=O) groups excluding carboxylic acids is 1. The monoisotopic (exact) mass is 417 g/mol. The molecule has 0 saturated carbocycles. The lowest BCUT2D eigenvalue weighted by Gasteiger charge is -2.26. The summed E-state index contributed by atoms with van der Waals surface area (Å²) >= 11 is 0. The Morgan fingerprint density at radius 3 is 2.72 bits per heavy atom. The predicted octanol–water partition coefficient (Wildman–Crippen LogP) is 2.73. The highest BCUT2D eigenvalue weighted by atomic mass is 32.2. The third-order valence-corrected chi connectivity index (χ3v) is 7.19. The summed E-state index contributed by atoms with van der Waals surface area (Å²) in [5.41, 5.74) is 5.75. The molecule has 0 spiro atoms. The van der Waals surface area contributed by atoms with Gasteiger partial charge in [0.2, 0.25) is 10.0 Å². The van der Waals surface area contributed by atoms with Crippen LogP contribution in [0, 0.1) is 5.92 Å². The number of ether oxygens (including phenoxy) is 1. The molecule has 1 saturated heterocycles. The standard InChI is InChI=1S/C21H27N3O4S/c1-15(2)17-8-7-16(3)20(14-17)22-23-21(25)18-5-4-6-19(13-18)29(26,27)24-9-11-28-12-10-24/h4-7,13,17H,1,8-12,14H2,2-3H3,(H,23,25)/t17-/m1/s1.